The van der Waals surface area contributed by atoms with E-state index in [1.807, 2.05) is 39.1 Å². The standard InChI is InChI=1S/C14H21BrN2O2/c1-10(2)16-14(18)9-17(3)8-11-7-12(15)5-6-13(11)19-4/h5-7,10H,8-9H2,1-4H3,(H,16,18)/p+1. The average molecular weight is 330 g/mol. The van der Waals surface area contributed by atoms with Crippen molar-refractivity contribution in [3.63, 3.8) is 0 Å². The van der Waals surface area contributed by atoms with E-state index in [0.29, 0.717) is 6.54 Å². The van der Waals surface area contributed by atoms with E-state index >= 15 is 0 Å². The van der Waals surface area contributed by atoms with Crippen LogP contribution < -0.4 is 15.0 Å². The molecule has 0 saturated heterocycles. The van der Waals surface area contributed by atoms with Crippen molar-refractivity contribution >= 4 is 21.8 Å². The predicted octanol–water partition coefficient (Wildman–Crippen LogP) is 0.997. The summed E-state index contributed by atoms with van der Waals surface area (Å²) in [6.45, 7) is 5.12. The molecule has 0 aliphatic carbocycles. The summed E-state index contributed by atoms with van der Waals surface area (Å²) in [5, 5.41) is 2.90. The first-order valence-electron chi connectivity index (χ1n) is 6.35. The molecule has 0 aliphatic rings. The minimum absolute atomic E-state index is 0.0708. The summed E-state index contributed by atoms with van der Waals surface area (Å²) in [7, 11) is 3.66. The molecule has 0 fully saturated rings. The number of hydrogen-bond acceptors (Lipinski definition) is 2. The van der Waals surface area contributed by atoms with Crippen LogP contribution in [0.3, 0.4) is 0 Å². The Morgan fingerprint density at radius 2 is 2.16 bits per heavy atom. The summed E-state index contributed by atoms with van der Waals surface area (Å²) in [5.41, 5.74) is 1.09. The highest BCUT2D eigenvalue weighted by atomic mass is 79.9. The van der Waals surface area contributed by atoms with Crippen LogP contribution in [-0.4, -0.2) is 32.7 Å². The molecule has 1 amide bonds. The molecular formula is C14H22BrN2O2+. The molecular weight excluding hydrogens is 308 g/mol. The zero-order valence-electron chi connectivity index (χ0n) is 11.9. The zero-order chi connectivity index (χ0) is 14.4. The van der Waals surface area contributed by atoms with Crippen LogP contribution in [0.15, 0.2) is 22.7 Å². The Hall–Kier alpha value is -1.07. The Morgan fingerprint density at radius 3 is 2.74 bits per heavy atom. The van der Waals surface area contributed by atoms with Gasteiger partial charge in [0, 0.05) is 16.1 Å². The third-order valence-electron chi connectivity index (χ3n) is 2.65. The monoisotopic (exact) mass is 329 g/mol. The van der Waals surface area contributed by atoms with E-state index in [2.05, 4.69) is 21.2 Å². The number of halogens is 1. The smallest absolute Gasteiger partial charge is 0.275 e. The molecule has 0 aliphatic heterocycles. The number of carbonyl (C=O) groups is 1. The maximum absolute atomic E-state index is 11.7. The van der Waals surface area contributed by atoms with Gasteiger partial charge in [-0.2, -0.15) is 0 Å². The Kier molecular flexibility index (Phi) is 6.31. The van der Waals surface area contributed by atoms with Crippen LogP contribution in [0.5, 0.6) is 5.75 Å². The molecule has 0 saturated carbocycles. The van der Waals surface area contributed by atoms with Crippen LogP contribution in [0.1, 0.15) is 19.4 Å². The summed E-state index contributed by atoms with van der Waals surface area (Å²) in [5.74, 6) is 0.924. The third kappa shape index (κ3) is 5.61. The topological polar surface area (TPSA) is 42.8 Å². The van der Waals surface area contributed by atoms with E-state index in [9.17, 15) is 4.79 Å². The highest BCUT2D eigenvalue weighted by molar-refractivity contribution is 9.10. The molecule has 0 spiro atoms. The molecule has 1 unspecified atom stereocenters. The lowest BCUT2D eigenvalue weighted by Crippen LogP contribution is -3.09. The lowest BCUT2D eigenvalue weighted by molar-refractivity contribution is -0.885. The van der Waals surface area contributed by atoms with Gasteiger partial charge < -0.3 is 15.0 Å². The van der Waals surface area contributed by atoms with Crippen molar-refractivity contribution in [1.82, 2.24) is 5.32 Å². The second kappa shape index (κ2) is 7.50. The van der Waals surface area contributed by atoms with Crippen LogP contribution in [-0.2, 0) is 11.3 Å². The Bertz CT molecular complexity index is 435. The van der Waals surface area contributed by atoms with Crippen LogP contribution in [0.25, 0.3) is 0 Å². The largest absolute Gasteiger partial charge is 0.496 e. The molecule has 1 aromatic carbocycles. The number of quaternary nitrogens is 1. The minimum atomic E-state index is 0.0708. The van der Waals surface area contributed by atoms with Gasteiger partial charge in [-0.25, -0.2) is 0 Å². The van der Waals surface area contributed by atoms with E-state index in [4.69, 9.17) is 4.74 Å². The van der Waals surface area contributed by atoms with Crippen molar-refractivity contribution in [1.29, 1.82) is 0 Å². The Labute approximate surface area is 123 Å². The van der Waals surface area contributed by atoms with Gasteiger partial charge in [-0.15, -0.1) is 0 Å². The number of likely N-dealkylation sites (N-methyl/N-ethyl adjacent to an activating group) is 1. The van der Waals surface area contributed by atoms with Crippen molar-refractivity contribution in [2.75, 3.05) is 20.7 Å². The molecule has 0 heterocycles. The summed E-state index contributed by atoms with van der Waals surface area (Å²) in [4.78, 5) is 12.8. The number of benzene rings is 1. The zero-order valence-corrected chi connectivity index (χ0v) is 13.5. The molecule has 106 valence electrons. The van der Waals surface area contributed by atoms with Crippen molar-refractivity contribution in [2.45, 2.75) is 26.4 Å². The number of hydrogen-bond donors (Lipinski definition) is 2. The van der Waals surface area contributed by atoms with Crippen LogP contribution >= 0.6 is 15.9 Å². The lowest BCUT2D eigenvalue weighted by Gasteiger charge is -2.16. The fraction of sp³-hybridized carbons (Fsp3) is 0.500. The number of nitrogens with one attached hydrogen (secondary N) is 2. The highest BCUT2D eigenvalue weighted by Crippen LogP contribution is 2.21. The molecule has 4 nitrogen and oxygen atoms in total. The number of carbonyl (C=O) groups excluding carboxylic acids is 1. The molecule has 0 bridgehead atoms. The second-order valence-corrected chi connectivity index (χ2v) is 5.90. The van der Waals surface area contributed by atoms with E-state index in [1.165, 1.54) is 0 Å². The van der Waals surface area contributed by atoms with Crippen molar-refractivity contribution in [2.24, 2.45) is 0 Å². The van der Waals surface area contributed by atoms with E-state index in [1.54, 1.807) is 7.11 Å². The van der Waals surface area contributed by atoms with Gasteiger partial charge in [-0.05, 0) is 32.0 Å². The molecule has 1 aromatic rings. The average Bonchev–Trinajstić information content (AvgIpc) is 2.27. The summed E-state index contributed by atoms with van der Waals surface area (Å²) < 4.78 is 6.35. The van der Waals surface area contributed by atoms with Crippen molar-refractivity contribution in [3.05, 3.63) is 28.2 Å². The van der Waals surface area contributed by atoms with Crippen LogP contribution in [0, 0.1) is 0 Å². The SMILES string of the molecule is COc1ccc(Br)cc1C[NH+](C)CC(=O)NC(C)C. The van der Waals surface area contributed by atoms with Gasteiger partial charge >= 0.3 is 0 Å². The van der Waals surface area contributed by atoms with Crippen LogP contribution in [0.2, 0.25) is 0 Å². The van der Waals surface area contributed by atoms with Crippen molar-refractivity contribution in [3.8, 4) is 5.75 Å². The first kappa shape index (κ1) is 16.0. The first-order valence-corrected chi connectivity index (χ1v) is 7.14. The molecule has 1 atom stereocenters. The lowest BCUT2D eigenvalue weighted by atomic mass is 10.2. The van der Waals surface area contributed by atoms with E-state index in [0.717, 1.165) is 27.2 Å². The Balaban J connectivity index is 2.63. The summed E-state index contributed by atoms with van der Waals surface area (Å²) in [6.07, 6.45) is 0. The molecule has 19 heavy (non-hydrogen) atoms. The fourth-order valence-electron chi connectivity index (χ4n) is 1.92. The van der Waals surface area contributed by atoms with Gasteiger partial charge in [0.15, 0.2) is 6.54 Å². The molecule has 1 rings (SSSR count). The third-order valence-corrected chi connectivity index (χ3v) is 3.14. The van der Waals surface area contributed by atoms with Gasteiger partial charge in [0.1, 0.15) is 12.3 Å². The molecule has 5 heteroatoms. The second-order valence-electron chi connectivity index (χ2n) is 4.99. The maximum atomic E-state index is 11.7. The number of amides is 1. The van der Waals surface area contributed by atoms with Crippen LogP contribution in [0.4, 0.5) is 0 Å². The quantitative estimate of drug-likeness (QED) is 0.817. The summed E-state index contributed by atoms with van der Waals surface area (Å²) in [6, 6.07) is 6.09. The van der Waals surface area contributed by atoms with Gasteiger partial charge in [-0.1, -0.05) is 15.9 Å². The first-order chi connectivity index (χ1) is 8.92. The fourth-order valence-corrected chi connectivity index (χ4v) is 2.33. The predicted molar refractivity (Wildman–Crippen MR) is 79.4 cm³/mol. The van der Waals surface area contributed by atoms with Gasteiger partial charge in [-0.3, -0.25) is 4.79 Å². The normalized spacial score (nSPS) is 12.3. The van der Waals surface area contributed by atoms with Gasteiger partial charge in [0.2, 0.25) is 0 Å². The number of ether oxygens (including phenoxy) is 1. The summed E-state index contributed by atoms with van der Waals surface area (Å²) >= 11 is 3.45. The van der Waals surface area contributed by atoms with Gasteiger partial charge in [0.05, 0.1) is 14.2 Å². The van der Waals surface area contributed by atoms with Crippen molar-refractivity contribution < 1.29 is 14.4 Å². The molecule has 2 N–H and O–H groups in total. The molecule has 0 aromatic heterocycles. The minimum Gasteiger partial charge on any atom is -0.496 e. The van der Waals surface area contributed by atoms with E-state index in [-0.39, 0.29) is 11.9 Å². The number of methoxy groups -OCH3 is 1. The maximum Gasteiger partial charge on any atom is 0.275 e. The Morgan fingerprint density at radius 1 is 1.47 bits per heavy atom. The van der Waals surface area contributed by atoms with Gasteiger partial charge in [0.25, 0.3) is 5.91 Å². The highest BCUT2D eigenvalue weighted by Gasteiger charge is 2.14. The van der Waals surface area contributed by atoms with E-state index < -0.39 is 0 Å². The number of rotatable bonds is 6. The molecule has 0 radical (unpaired) electrons.